The van der Waals surface area contributed by atoms with Gasteiger partial charge >= 0.3 is 0 Å². The lowest BCUT2D eigenvalue weighted by Gasteiger charge is -2.12. The molecule has 6 nitrogen and oxygen atoms in total. The molecule has 28 heavy (non-hydrogen) atoms. The molecule has 138 valence electrons. The number of H-pyrrole nitrogens is 1. The summed E-state index contributed by atoms with van der Waals surface area (Å²) in [5, 5.41) is 12.5. The predicted octanol–water partition coefficient (Wildman–Crippen LogP) is 4.85. The van der Waals surface area contributed by atoms with Crippen LogP contribution in [0.4, 0.5) is 5.95 Å². The summed E-state index contributed by atoms with van der Waals surface area (Å²) in [6.07, 6.45) is 0. The smallest absolute Gasteiger partial charge is 0.201 e. The van der Waals surface area contributed by atoms with Gasteiger partial charge < -0.3 is 19.8 Å². The summed E-state index contributed by atoms with van der Waals surface area (Å²) in [4.78, 5) is 7.68. The Kier molecular flexibility index (Phi) is 4.81. The first-order valence-electron chi connectivity index (χ1n) is 8.79. The van der Waals surface area contributed by atoms with E-state index in [1.807, 2.05) is 60.7 Å². The number of ether oxygens (including phenoxy) is 2. The summed E-state index contributed by atoms with van der Waals surface area (Å²) in [5.41, 5.74) is 3.02. The number of nitrogens with zero attached hydrogens (tertiary/aromatic N) is 2. The Labute approximate surface area is 162 Å². The predicted molar refractivity (Wildman–Crippen MR) is 108 cm³/mol. The lowest BCUT2D eigenvalue weighted by molar-refractivity contribution is 0.412. The molecule has 0 aliphatic carbocycles. The number of methoxy groups -OCH3 is 1. The van der Waals surface area contributed by atoms with Gasteiger partial charge in [0.05, 0.1) is 18.2 Å². The number of para-hydroxylation sites is 2. The van der Waals surface area contributed by atoms with Crippen LogP contribution in [0.2, 0.25) is 0 Å². The van der Waals surface area contributed by atoms with E-state index in [1.54, 1.807) is 13.2 Å². The van der Waals surface area contributed by atoms with Crippen LogP contribution in [0.15, 0.2) is 66.7 Å². The first kappa shape index (κ1) is 17.4. The number of nitrogens with one attached hydrogen (secondary N) is 2. The number of anilines is 1. The summed E-state index contributed by atoms with van der Waals surface area (Å²) in [7, 11) is 1.63. The summed E-state index contributed by atoms with van der Waals surface area (Å²) in [6.45, 7) is 0.522. The number of aromatic amines is 1. The fourth-order valence-electron chi connectivity index (χ4n) is 2.91. The third-order valence-corrected chi connectivity index (χ3v) is 4.34. The van der Waals surface area contributed by atoms with E-state index in [0.717, 1.165) is 28.3 Å². The highest BCUT2D eigenvalue weighted by Crippen LogP contribution is 2.27. The third kappa shape index (κ3) is 3.60. The molecule has 1 heterocycles. The Hall–Kier alpha value is -3.98. The molecule has 0 saturated heterocycles. The average Bonchev–Trinajstić information content (AvgIpc) is 3.17. The van der Waals surface area contributed by atoms with Crippen LogP contribution in [0.3, 0.4) is 0 Å². The van der Waals surface area contributed by atoms with Gasteiger partial charge in [-0.05, 0) is 42.5 Å². The topological polar surface area (TPSA) is 83.0 Å². The van der Waals surface area contributed by atoms with Crippen molar-refractivity contribution >= 4 is 17.0 Å². The number of aromatic nitrogens is 2. The van der Waals surface area contributed by atoms with Crippen molar-refractivity contribution in [2.24, 2.45) is 0 Å². The molecule has 0 aliphatic heterocycles. The molecule has 0 spiro atoms. The van der Waals surface area contributed by atoms with Crippen LogP contribution >= 0.6 is 0 Å². The summed E-state index contributed by atoms with van der Waals surface area (Å²) < 4.78 is 11.2. The second-order valence-electron chi connectivity index (χ2n) is 6.14. The van der Waals surface area contributed by atoms with Gasteiger partial charge in [-0.1, -0.05) is 24.3 Å². The number of nitriles is 1. The minimum absolute atomic E-state index is 0.522. The van der Waals surface area contributed by atoms with Crippen LogP contribution in [0.1, 0.15) is 11.1 Å². The van der Waals surface area contributed by atoms with Crippen molar-refractivity contribution in [2.75, 3.05) is 12.4 Å². The molecule has 0 radical (unpaired) electrons. The molecule has 0 amide bonds. The van der Waals surface area contributed by atoms with E-state index < -0.39 is 0 Å². The molecule has 3 aromatic carbocycles. The number of imidazole rings is 1. The number of fused-ring (bicyclic) bond motifs is 1. The van der Waals surface area contributed by atoms with Gasteiger partial charge in [-0.3, -0.25) is 0 Å². The zero-order valence-corrected chi connectivity index (χ0v) is 15.3. The van der Waals surface area contributed by atoms with Crippen molar-refractivity contribution in [3.63, 3.8) is 0 Å². The molecule has 2 N–H and O–H groups in total. The lowest BCUT2D eigenvalue weighted by Crippen LogP contribution is -2.02. The molecule has 0 bridgehead atoms. The normalized spacial score (nSPS) is 10.4. The minimum atomic E-state index is 0.522. The van der Waals surface area contributed by atoms with Gasteiger partial charge in [-0.25, -0.2) is 4.98 Å². The lowest BCUT2D eigenvalue weighted by atomic mass is 10.2. The number of benzene rings is 3. The van der Waals surface area contributed by atoms with E-state index in [4.69, 9.17) is 9.47 Å². The third-order valence-electron chi connectivity index (χ3n) is 4.34. The number of hydrogen-bond acceptors (Lipinski definition) is 5. The van der Waals surface area contributed by atoms with Crippen LogP contribution in [0.25, 0.3) is 11.0 Å². The average molecular weight is 370 g/mol. The van der Waals surface area contributed by atoms with E-state index in [-0.39, 0.29) is 0 Å². The molecule has 6 heteroatoms. The molecular weight excluding hydrogens is 352 g/mol. The molecule has 0 fully saturated rings. The SMILES string of the molecule is COc1ccc(Oc2ccccc2CNc2nc3c(C#N)cccc3[nH]2)cc1. The van der Waals surface area contributed by atoms with Crippen LogP contribution in [0.5, 0.6) is 17.2 Å². The van der Waals surface area contributed by atoms with Gasteiger partial charge in [0.25, 0.3) is 0 Å². The first-order valence-corrected chi connectivity index (χ1v) is 8.79. The van der Waals surface area contributed by atoms with Crippen molar-refractivity contribution in [1.29, 1.82) is 5.26 Å². The van der Waals surface area contributed by atoms with E-state index in [2.05, 4.69) is 21.4 Å². The summed E-state index contributed by atoms with van der Waals surface area (Å²) >= 11 is 0. The Bertz CT molecular complexity index is 1140. The Morgan fingerprint density at radius 2 is 1.79 bits per heavy atom. The zero-order valence-electron chi connectivity index (χ0n) is 15.3. The van der Waals surface area contributed by atoms with Crippen molar-refractivity contribution in [3.05, 3.63) is 77.9 Å². The fourth-order valence-corrected chi connectivity index (χ4v) is 2.91. The molecular formula is C22H18N4O2. The minimum Gasteiger partial charge on any atom is -0.497 e. The summed E-state index contributed by atoms with van der Waals surface area (Å²) in [6, 6.07) is 22.9. The molecule has 1 aromatic heterocycles. The van der Waals surface area contributed by atoms with Gasteiger partial charge in [0.15, 0.2) is 0 Å². The van der Waals surface area contributed by atoms with Crippen LogP contribution in [0, 0.1) is 11.3 Å². The van der Waals surface area contributed by atoms with Crippen molar-refractivity contribution < 1.29 is 9.47 Å². The van der Waals surface area contributed by atoms with Crippen molar-refractivity contribution in [1.82, 2.24) is 9.97 Å². The number of rotatable bonds is 6. The maximum absolute atomic E-state index is 9.21. The van der Waals surface area contributed by atoms with Gasteiger partial charge in [-0.15, -0.1) is 0 Å². The Morgan fingerprint density at radius 3 is 2.57 bits per heavy atom. The highest BCUT2D eigenvalue weighted by molar-refractivity contribution is 5.83. The van der Waals surface area contributed by atoms with E-state index in [1.165, 1.54) is 0 Å². The van der Waals surface area contributed by atoms with Gasteiger partial charge in [-0.2, -0.15) is 5.26 Å². The molecule has 0 atom stereocenters. The van der Waals surface area contributed by atoms with E-state index in [9.17, 15) is 5.26 Å². The van der Waals surface area contributed by atoms with E-state index in [0.29, 0.717) is 23.6 Å². The van der Waals surface area contributed by atoms with Crippen LogP contribution in [-0.2, 0) is 6.54 Å². The molecule has 0 unspecified atom stereocenters. The quantitative estimate of drug-likeness (QED) is 0.507. The van der Waals surface area contributed by atoms with Crippen LogP contribution < -0.4 is 14.8 Å². The largest absolute Gasteiger partial charge is 0.497 e. The van der Waals surface area contributed by atoms with Gasteiger partial charge in [0, 0.05) is 12.1 Å². The highest BCUT2D eigenvalue weighted by Gasteiger charge is 2.09. The molecule has 4 rings (SSSR count). The zero-order chi connectivity index (χ0) is 19.3. The van der Waals surface area contributed by atoms with Crippen LogP contribution in [-0.4, -0.2) is 17.1 Å². The summed E-state index contributed by atoms with van der Waals surface area (Å²) in [5.74, 6) is 2.88. The molecule has 0 aliphatic rings. The highest BCUT2D eigenvalue weighted by atomic mass is 16.5. The molecule has 0 saturated carbocycles. The monoisotopic (exact) mass is 370 g/mol. The molecule has 4 aromatic rings. The van der Waals surface area contributed by atoms with Gasteiger partial charge in [0.2, 0.25) is 5.95 Å². The second kappa shape index (κ2) is 7.72. The second-order valence-corrected chi connectivity index (χ2v) is 6.14. The first-order chi connectivity index (χ1) is 13.8. The standard InChI is InChI=1S/C22H18N4O2/c1-27-17-9-11-18(12-10-17)28-20-8-3-2-5-16(20)14-24-22-25-19-7-4-6-15(13-23)21(19)26-22/h2-12H,14H2,1H3,(H2,24,25,26). The maximum Gasteiger partial charge on any atom is 0.201 e. The maximum atomic E-state index is 9.21. The number of hydrogen-bond donors (Lipinski definition) is 2. The van der Waals surface area contributed by atoms with E-state index >= 15 is 0 Å². The van der Waals surface area contributed by atoms with Gasteiger partial charge in [0.1, 0.15) is 28.8 Å². The fraction of sp³-hybridized carbons (Fsp3) is 0.0909. The van der Waals surface area contributed by atoms with Crippen molar-refractivity contribution in [2.45, 2.75) is 6.54 Å². The Morgan fingerprint density at radius 1 is 1.00 bits per heavy atom. The van der Waals surface area contributed by atoms with Crippen molar-refractivity contribution in [3.8, 4) is 23.3 Å². The Balaban J connectivity index is 1.52.